The maximum absolute atomic E-state index is 13.3. The normalized spacial score (nSPS) is 12.1. The minimum Gasteiger partial charge on any atom is -0.494 e. The second-order valence-electron chi connectivity index (χ2n) is 8.24. The van der Waals surface area contributed by atoms with Crippen LogP contribution in [-0.4, -0.2) is 45.3 Å². The molecule has 1 amide bonds. The van der Waals surface area contributed by atoms with Crippen LogP contribution in [-0.2, 0) is 21.3 Å². The number of anilines is 1. The molecule has 0 unspecified atom stereocenters. The van der Waals surface area contributed by atoms with Crippen molar-refractivity contribution in [3.63, 3.8) is 0 Å². The zero-order valence-electron chi connectivity index (χ0n) is 21.7. The highest BCUT2D eigenvalue weighted by Gasteiger charge is 2.23. The van der Waals surface area contributed by atoms with Gasteiger partial charge in [0.1, 0.15) is 5.75 Å². The van der Waals surface area contributed by atoms with Crippen LogP contribution in [0.15, 0.2) is 82.7 Å². The van der Waals surface area contributed by atoms with E-state index < -0.39 is 15.9 Å². The summed E-state index contributed by atoms with van der Waals surface area (Å²) >= 11 is 1.39. The molecule has 0 spiro atoms. The van der Waals surface area contributed by atoms with Crippen molar-refractivity contribution >= 4 is 43.2 Å². The zero-order chi connectivity index (χ0) is 27.1. The lowest BCUT2D eigenvalue weighted by Crippen LogP contribution is -2.30. The van der Waals surface area contributed by atoms with Crippen molar-refractivity contribution in [2.45, 2.75) is 32.2 Å². The van der Waals surface area contributed by atoms with E-state index >= 15 is 0 Å². The Labute approximate surface area is 226 Å². The van der Waals surface area contributed by atoms with Crippen molar-refractivity contribution in [1.82, 2.24) is 4.57 Å². The van der Waals surface area contributed by atoms with E-state index in [4.69, 9.17) is 9.47 Å². The van der Waals surface area contributed by atoms with Crippen LogP contribution in [0.3, 0.4) is 0 Å². The number of fused-ring (bicyclic) bond motifs is 1. The number of carbonyl (C=O) groups excluding carboxylic acids is 1. The fourth-order valence-electron chi connectivity index (χ4n) is 4.05. The Balaban J connectivity index is 1.65. The number of rotatable bonds is 11. The van der Waals surface area contributed by atoms with Crippen molar-refractivity contribution in [2.24, 2.45) is 4.99 Å². The summed E-state index contributed by atoms with van der Waals surface area (Å²) in [5.41, 5.74) is 1.82. The molecule has 0 atom stereocenters. The smallest absolute Gasteiger partial charge is 0.279 e. The molecule has 0 radical (unpaired) electrons. The maximum atomic E-state index is 13.3. The standard InChI is InChI=1S/C28H31N3O5S2/c1-4-31(22-10-8-7-9-11-22)38(33,34)24-15-12-21(13-16-24)27(32)29-28-30(18-19-35-5-2)25-17-14-23(36-6-3)20-26(25)37-28/h7-17,20H,4-6,18-19H2,1-3H3. The van der Waals surface area contributed by atoms with E-state index in [0.29, 0.717) is 42.4 Å². The van der Waals surface area contributed by atoms with Crippen molar-refractivity contribution in [2.75, 3.05) is 30.7 Å². The number of para-hydroxylation sites is 1. The van der Waals surface area contributed by atoms with Crippen molar-refractivity contribution in [3.8, 4) is 5.75 Å². The quantitative estimate of drug-likeness (QED) is 0.241. The van der Waals surface area contributed by atoms with Crippen LogP contribution in [0.1, 0.15) is 31.1 Å². The fraction of sp³-hybridized carbons (Fsp3) is 0.286. The molecule has 10 heteroatoms. The van der Waals surface area contributed by atoms with E-state index in [9.17, 15) is 13.2 Å². The monoisotopic (exact) mass is 553 g/mol. The van der Waals surface area contributed by atoms with Gasteiger partial charge in [0, 0.05) is 25.3 Å². The summed E-state index contributed by atoms with van der Waals surface area (Å²) in [6.07, 6.45) is 0. The molecule has 3 aromatic carbocycles. The summed E-state index contributed by atoms with van der Waals surface area (Å²) in [6, 6.07) is 20.6. The first-order valence-electron chi connectivity index (χ1n) is 12.5. The van der Waals surface area contributed by atoms with Gasteiger partial charge in [0.2, 0.25) is 0 Å². The number of carbonyl (C=O) groups is 1. The Morgan fingerprint density at radius 3 is 2.37 bits per heavy atom. The molecule has 0 aliphatic heterocycles. The number of benzene rings is 3. The predicted octanol–water partition coefficient (Wildman–Crippen LogP) is 5.09. The molecule has 1 aromatic heterocycles. The average Bonchev–Trinajstić information content (AvgIpc) is 3.26. The highest BCUT2D eigenvalue weighted by Crippen LogP contribution is 2.25. The first kappa shape index (κ1) is 27.6. The summed E-state index contributed by atoms with van der Waals surface area (Å²) < 4.78 is 42.0. The van der Waals surface area contributed by atoms with Gasteiger partial charge < -0.3 is 14.0 Å². The molecule has 38 heavy (non-hydrogen) atoms. The topological polar surface area (TPSA) is 90.2 Å². The molecule has 0 saturated heterocycles. The van der Waals surface area contributed by atoms with E-state index in [1.165, 1.54) is 39.9 Å². The summed E-state index contributed by atoms with van der Waals surface area (Å²) in [5.74, 6) is 0.301. The fourth-order valence-corrected chi connectivity index (χ4v) is 6.60. The first-order chi connectivity index (χ1) is 18.4. The predicted molar refractivity (Wildman–Crippen MR) is 150 cm³/mol. The Morgan fingerprint density at radius 1 is 0.974 bits per heavy atom. The third-order valence-corrected chi connectivity index (χ3v) is 8.80. The number of amides is 1. The van der Waals surface area contributed by atoms with Gasteiger partial charge in [-0.2, -0.15) is 4.99 Å². The number of hydrogen-bond acceptors (Lipinski definition) is 6. The van der Waals surface area contributed by atoms with E-state index in [1.54, 1.807) is 31.2 Å². The molecule has 4 aromatic rings. The van der Waals surface area contributed by atoms with Gasteiger partial charge in [0.05, 0.1) is 34.0 Å². The maximum Gasteiger partial charge on any atom is 0.279 e. The Hall–Kier alpha value is -3.47. The van der Waals surface area contributed by atoms with E-state index in [2.05, 4.69) is 4.99 Å². The minimum atomic E-state index is -3.79. The molecule has 1 heterocycles. The van der Waals surface area contributed by atoms with Crippen molar-refractivity contribution < 1.29 is 22.7 Å². The molecule has 0 N–H and O–H groups in total. The minimum absolute atomic E-state index is 0.108. The largest absolute Gasteiger partial charge is 0.494 e. The Bertz CT molecular complexity index is 1560. The van der Waals surface area contributed by atoms with Gasteiger partial charge in [0.25, 0.3) is 15.9 Å². The lowest BCUT2D eigenvalue weighted by atomic mass is 10.2. The van der Waals surface area contributed by atoms with Crippen LogP contribution in [0.5, 0.6) is 5.75 Å². The van der Waals surface area contributed by atoms with E-state index in [0.717, 1.165) is 16.0 Å². The molecule has 4 rings (SSSR count). The SMILES string of the molecule is CCOCCn1c(=NC(=O)c2ccc(S(=O)(=O)N(CC)c3ccccc3)cc2)sc2cc(OCC)ccc21. The molecule has 0 saturated carbocycles. The molecular weight excluding hydrogens is 522 g/mol. The van der Waals surface area contributed by atoms with Gasteiger partial charge in [-0.3, -0.25) is 9.10 Å². The molecule has 0 fully saturated rings. The third-order valence-electron chi connectivity index (χ3n) is 5.85. The van der Waals surface area contributed by atoms with Crippen molar-refractivity contribution in [3.05, 3.63) is 83.2 Å². The Morgan fingerprint density at radius 2 is 1.71 bits per heavy atom. The van der Waals surface area contributed by atoms with Gasteiger partial charge >= 0.3 is 0 Å². The number of ether oxygens (including phenoxy) is 2. The van der Waals surface area contributed by atoms with E-state index in [-0.39, 0.29) is 11.4 Å². The summed E-state index contributed by atoms with van der Waals surface area (Å²) in [7, 11) is -3.79. The molecule has 8 nitrogen and oxygen atoms in total. The molecule has 200 valence electrons. The van der Waals surface area contributed by atoms with Crippen molar-refractivity contribution in [1.29, 1.82) is 0 Å². The Kier molecular flexibility index (Phi) is 8.98. The first-order valence-corrected chi connectivity index (χ1v) is 14.8. The number of sulfonamides is 1. The highest BCUT2D eigenvalue weighted by molar-refractivity contribution is 7.92. The van der Waals surface area contributed by atoms with Crippen LogP contribution in [0.4, 0.5) is 5.69 Å². The highest BCUT2D eigenvalue weighted by atomic mass is 32.2. The number of hydrogen-bond donors (Lipinski definition) is 0. The second kappa shape index (κ2) is 12.4. The number of nitrogens with zero attached hydrogens (tertiary/aromatic N) is 3. The molecule has 0 bridgehead atoms. The average molecular weight is 554 g/mol. The van der Waals surface area contributed by atoms with Crippen LogP contribution < -0.4 is 13.8 Å². The number of aromatic nitrogens is 1. The van der Waals surface area contributed by atoms with Gasteiger partial charge in [-0.05, 0) is 75.4 Å². The molecule has 0 aliphatic carbocycles. The lowest BCUT2D eigenvalue weighted by Gasteiger charge is -2.22. The number of thiazole rings is 1. The summed E-state index contributed by atoms with van der Waals surface area (Å²) in [4.78, 5) is 18.2. The molecule has 0 aliphatic rings. The zero-order valence-corrected chi connectivity index (χ0v) is 23.3. The van der Waals surface area contributed by atoms with Crippen LogP contribution in [0, 0.1) is 0 Å². The third kappa shape index (κ3) is 5.98. The van der Waals surface area contributed by atoms with Gasteiger partial charge in [-0.15, -0.1) is 0 Å². The summed E-state index contributed by atoms with van der Waals surface area (Å²) in [5, 5.41) is 0. The van der Waals surface area contributed by atoms with Crippen LogP contribution in [0.2, 0.25) is 0 Å². The van der Waals surface area contributed by atoms with Gasteiger partial charge in [0.15, 0.2) is 4.80 Å². The second-order valence-corrected chi connectivity index (χ2v) is 11.1. The lowest BCUT2D eigenvalue weighted by molar-refractivity contribution is 0.0996. The van der Waals surface area contributed by atoms with Crippen LogP contribution in [0.25, 0.3) is 10.2 Å². The summed E-state index contributed by atoms with van der Waals surface area (Å²) in [6.45, 7) is 8.10. The molecular formula is C28H31N3O5S2. The van der Waals surface area contributed by atoms with Gasteiger partial charge in [-0.1, -0.05) is 29.5 Å². The van der Waals surface area contributed by atoms with Gasteiger partial charge in [-0.25, -0.2) is 8.42 Å². The van der Waals surface area contributed by atoms with E-state index in [1.807, 2.05) is 42.7 Å². The van der Waals surface area contributed by atoms with Crippen LogP contribution >= 0.6 is 11.3 Å².